The SMILES string of the molecule is CC1CN(c2ccc(Cl)cc2C#N)CC(C)(C)O1. The normalized spacial score (nSPS) is 22.6. The molecule has 18 heavy (non-hydrogen) atoms. The van der Waals surface area contributed by atoms with Gasteiger partial charge in [-0.1, -0.05) is 11.6 Å². The molecule has 2 rings (SSSR count). The van der Waals surface area contributed by atoms with Gasteiger partial charge in [0.25, 0.3) is 0 Å². The summed E-state index contributed by atoms with van der Waals surface area (Å²) in [7, 11) is 0. The van der Waals surface area contributed by atoms with Crippen molar-refractivity contribution in [3.63, 3.8) is 0 Å². The van der Waals surface area contributed by atoms with E-state index in [-0.39, 0.29) is 11.7 Å². The van der Waals surface area contributed by atoms with E-state index in [0.717, 1.165) is 18.8 Å². The van der Waals surface area contributed by atoms with Gasteiger partial charge >= 0.3 is 0 Å². The number of hydrogen-bond donors (Lipinski definition) is 0. The first-order chi connectivity index (χ1) is 8.41. The molecule has 1 fully saturated rings. The largest absolute Gasteiger partial charge is 0.369 e. The highest BCUT2D eigenvalue weighted by molar-refractivity contribution is 6.30. The molecular formula is C14H17ClN2O. The quantitative estimate of drug-likeness (QED) is 0.781. The molecule has 0 spiro atoms. The van der Waals surface area contributed by atoms with Crippen LogP contribution in [0.1, 0.15) is 26.3 Å². The van der Waals surface area contributed by atoms with Gasteiger partial charge in [-0.05, 0) is 39.0 Å². The Kier molecular flexibility index (Phi) is 3.52. The fraction of sp³-hybridized carbons (Fsp3) is 0.500. The molecule has 0 aliphatic carbocycles. The van der Waals surface area contributed by atoms with Crippen molar-refractivity contribution < 1.29 is 4.74 Å². The van der Waals surface area contributed by atoms with Gasteiger partial charge in [-0.2, -0.15) is 5.26 Å². The van der Waals surface area contributed by atoms with Gasteiger partial charge in [0.15, 0.2) is 0 Å². The van der Waals surface area contributed by atoms with Crippen molar-refractivity contribution in [2.45, 2.75) is 32.5 Å². The number of benzene rings is 1. The zero-order chi connectivity index (χ0) is 13.3. The van der Waals surface area contributed by atoms with E-state index in [4.69, 9.17) is 16.3 Å². The van der Waals surface area contributed by atoms with Crippen LogP contribution in [0.25, 0.3) is 0 Å². The first-order valence-corrected chi connectivity index (χ1v) is 6.41. The Morgan fingerprint density at radius 2 is 2.22 bits per heavy atom. The van der Waals surface area contributed by atoms with Gasteiger partial charge in [-0.15, -0.1) is 0 Å². The van der Waals surface area contributed by atoms with Crippen molar-refractivity contribution >= 4 is 17.3 Å². The van der Waals surface area contributed by atoms with Crippen LogP contribution in [0.15, 0.2) is 18.2 Å². The molecule has 0 radical (unpaired) electrons. The Hall–Kier alpha value is -1.24. The van der Waals surface area contributed by atoms with Crippen molar-refractivity contribution in [3.8, 4) is 6.07 Å². The third-order valence-electron chi connectivity index (χ3n) is 2.99. The van der Waals surface area contributed by atoms with E-state index >= 15 is 0 Å². The van der Waals surface area contributed by atoms with E-state index in [1.54, 1.807) is 6.07 Å². The highest BCUT2D eigenvalue weighted by Gasteiger charge is 2.32. The summed E-state index contributed by atoms with van der Waals surface area (Å²) in [5.41, 5.74) is 1.35. The van der Waals surface area contributed by atoms with Crippen molar-refractivity contribution in [1.29, 1.82) is 5.26 Å². The van der Waals surface area contributed by atoms with Crippen LogP contribution in [0.5, 0.6) is 0 Å². The molecule has 0 aromatic heterocycles. The van der Waals surface area contributed by atoms with Gasteiger partial charge in [0.05, 0.1) is 23.0 Å². The van der Waals surface area contributed by atoms with E-state index in [1.165, 1.54) is 0 Å². The Labute approximate surface area is 113 Å². The summed E-state index contributed by atoms with van der Waals surface area (Å²) in [5, 5.41) is 9.80. The topological polar surface area (TPSA) is 36.3 Å². The van der Waals surface area contributed by atoms with Crippen molar-refractivity contribution in [1.82, 2.24) is 0 Å². The predicted molar refractivity (Wildman–Crippen MR) is 73.0 cm³/mol. The van der Waals surface area contributed by atoms with Crippen molar-refractivity contribution in [2.24, 2.45) is 0 Å². The number of ether oxygens (including phenoxy) is 1. The van der Waals surface area contributed by atoms with E-state index < -0.39 is 0 Å². The lowest BCUT2D eigenvalue weighted by Crippen LogP contribution is -2.52. The maximum Gasteiger partial charge on any atom is 0.101 e. The molecule has 1 atom stereocenters. The summed E-state index contributed by atoms with van der Waals surface area (Å²) in [4.78, 5) is 2.20. The van der Waals surface area contributed by atoms with E-state index in [2.05, 4.69) is 31.7 Å². The van der Waals surface area contributed by atoms with E-state index in [9.17, 15) is 5.26 Å². The molecule has 1 aromatic rings. The number of nitriles is 1. The minimum Gasteiger partial charge on any atom is -0.369 e. The lowest BCUT2D eigenvalue weighted by Gasteiger charge is -2.43. The first kappa shape index (κ1) is 13.2. The molecule has 1 unspecified atom stereocenters. The molecule has 0 amide bonds. The van der Waals surface area contributed by atoms with Crippen molar-refractivity contribution in [3.05, 3.63) is 28.8 Å². The van der Waals surface area contributed by atoms with Gasteiger partial charge in [-0.25, -0.2) is 0 Å². The second-order valence-electron chi connectivity index (χ2n) is 5.34. The molecular weight excluding hydrogens is 248 g/mol. The van der Waals surface area contributed by atoms with Crippen LogP contribution < -0.4 is 4.90 Å². The third kappa shape index (κ3) is 2.77. The highest BCUT2D eigenvalue weighted by atomic mass is 35.5. The summed E-state index contributed by atoms with van der Waals surface area (Å²) in [6.07, 6.45) is 0.149. The molecule has 0 saturated carbocycles. The van der Waals surface area contributed by atoms with Gasteiger partial charge in [0.2, 0.25) is 0 Å². The number of morpholine rings is 1. The van der Waals surface area contributed by atoms with Crippen LogP contribution in [0.3, 0.4) is 0 Å². The minimum absolute atomic E-state index is 0.149. The maximum absolute atomic E-state index is 9.20. The van der Waals surface area contributed by atoms with Crippen LogP contribution in [0.2, 0.25) is 5.02 Å². The van der Waals surface area contributed by atoms with Crippen molar-refractivity contribution in [2.75, 3.05) is 18.0 Å². The maximum atomic E-state index is 9.20. The fourth-order valence-electron chi connectivity index (χ4n) is 2.51. The standard InChI is InChI=1S/C14H17ClN2O/c1-10-8-17(9-14(2,3)18-10)13-5-4-12(15)6-11(13)7-16/h4-6,10H,8-9H2,1-3H3. The monoisotopic (exact) mass is 264 g/mol. The number of nitrogens with zero attached hydrogens (tertiary/aromatic N) is 2. The third-order valence-corrected chi connectivity index (χ3v) is 3.22. The summed E-state index contributed by atoms with van der Waals surface area (Å²) in [6, 6.07) is 7.66. The first-order valence-electron chi connectivity index (χ1n) is 6.04. The van der Waals surface area contributed by atoms with Crippen LogP contribution in [-0.2, 0) is 4.74 Å². The minimum atomic E-state index is -0.204. The van der Waals surface area contributed by atoms with Gasteiger partial charge in [0, 0.05) is 18.1 Å². The second-order valence-corrected chi connectivity index (χ2v) is 5.78. The molecule has 3 nitrogen and oxygen atoms in total. The average molecular weight is 265 g/mol. The smallest absolute Gasteiger partial charge is 0.101 e. The second kappa shape index (κ2) is 4.79. The Bertz CT molecular complexity index is 493. The fourth-order valence-corrected chi connectivity index (χ4v) is 2.68. The lowest BCUT2D eigenvalue weighted by atomic mass is 10.0. The highest BCUT2D eigenvalue weighted by Crippen LogP contribution is 2.29. The zero-order valence-corrected chi connectivity index (χ0v) is 11.7. The average Bonchev–Trinajstić information content (AvgIpc) is 2.25. The Morgan fingerprint density at radius 1 is 1.50 bits per heavy atom. The summed E-state index contributed by atoms with van der Waals surface area (Å²) < 4.78 is 5.87. The van der Waals surface area contributed by atoms with Crippen LogP contribution in [-0.4, -0.2) is 24.8 Å². The molecule has 96 valence electrons. The van der Waals surface area contributed by atoms with Crippen LogP contribution >= 0.6 is 11.6 Å². The molecule has 1 aliphatic heterocycles. The molecule has 0 bridgehead atoms. The van der Waals surface area contributed by atoms with E-state index in [0.29, 0.717) is 10.6 Å². The van der Waals surface area contributed by atoms with Gasteiger partial charge in [0.1, 0.15) is 6.07 Å². The molecule has 4 heteroatoms. The van der Waals surface area contributed by atoms with Gasteiger partial charge < -0.3 is 9.64 Å². The zero-order valence-electron chi connectivity index (χ0n) is 10.9. The summed E-state index contributed by atoms with van der Waals surface area (Å²) in [5.74, 6) is 0. The number of halogens is 1. The number of rotatable bonds is 1. The van der Waals surface area contributed by atoms with E-state index in [1.807, 2.05) is 12.1 Å². The number of anilines is 1. The molecule has 1 aliphatic rings. The molecule has 1 heterocycles. The lowest BCUT2D eigenvalue weighted by molar-refractivity contribution is -0.0749. The Balaban J connectivity index is 2.34. The van der Waals surface area contributed by atoms with Gasteiger partial charge in [-0.3, -0.25) is 0 Å². The summed E-state index contributed by atoms with van der Waals surface area (Å²) in [6.45, 7) is 7.75. The van der Waals surface area contributed by atoms with Crippen LogP contribution in [0, 0.1) is 11.3 Å². The predicted octanol–water partition coefficient (Wildman–Crippen LogP) is 3.22. The molecule has 0 N–H and O–H groups in total. The Morgan fingerprint density at radius 3 is 2.83 bits per heavy atom. The molecule has 1 aromatic carbocycles. The van der Waals surface area contributed by atoms with Crippen LogP contribution in [0.4, 0.5) is 5.69 Å². The molecule has 1 saturated heterocycles. The summed E-state index contributed by atoms with van der Waals surface area (Å²) >= 11 is 5.92. The number of hydrogen-bond acceptors (Lipinski definition) is 3.